The maximum atomic E-state index is 12.5. The van der Waals surface area contributed by atoms with Crippen molar-refractivity contribution in [2.24, 2.45) is 5.92 Å². The average molecular weight is 348 g/mol. The van der Waals surface area contributed by atoms with E-state index in [1.807, 2.05) is 39.0 Å². The fourth-order valence-electron chi connectivity index (χ4n) is 2.69. The van der Waals surface area contributed by atoms with Crippen molar-refractivity contribution >= 4 is 11.9 Å². The second-order valence-corrected chi connectivity index (χ2v) is 7.11. The number of benzene rings is 1. The number of hydrogen-bond acceptors (Lipinski definition) is 4. The van der Waals surface area contributed by atoms with Crippen LogP contribution in [0.4, 0.5) is 0 Å². The first-order valence-electron chi connectivity index (χ1n) is 9.24. The lowest BCUT2D eigenvalue weighted by Crippen LogP contribution is -2.32. The molecule has 1 aromatic carbocycles. The lowest BCUT2D eigenvalue weighted by atomic mass is 9.96. The van der Waals surface area contributed by atoms with Gasteiger partial charge in [0.1, 0.15) is 5.60 Å². The van der Waals surface area contributed by atoms with Gasteiger partial charge in [0.15, 0.2) is 0 Å². The highest BCUT2D eigenvalue weighted by atomic mass is 16.6. The van der Waals surface area contributed by atoms with Crippen molar-refractivity contribution < 1.29 is 19.1 Å². The Morgan fingerprint density at radius 1 is 1.12 bits per heavy atom. The smallest absolute Gasteiger partial charge is 0.309 e. The van der Waals surface area contributed by atoms with Gasteiger partial charge < -0.3 is 9.47 Å². The summed E-state index contributed by atoms with van der Waals surface area (Å²) < 4.78 is 10.7. The number of ether oxygens (including phenoxy) is 2. The highest BCUT2D eigenvalue weighted by molar-refractivity contribution is 5.72. The van der Waals surface area contributed by atoms with E-state index in [1.165, 1.54) is 12.5 Å². The molecule has 0 heterocycles. The van der Waals surface area contributed by atoms with Crippen LogP contribution in [-0.4, -0.2) is 24.1 Å². The molecule has 0 radical (unpaired) electrons. The van der Waals surface area contributed by atoms with E-state index in [0.717, 1.165) is 38.5 Å². The first-order chi connectivity index (χ1) is 11.8. The van der Waals surface area contributed by atoms with Crippen molar-refractivity contribution in [1.82, 2.24) is 0 Å². The van der Waals surface area contributed by atoms with Crippen molar-refractivity contribution in [3.63, 3.8) is 0 Å². The van der Waals surface area contributed by atoms with Crippen LogP contribution in [0.2, 0.25) is 0 Å². The molecule has 0 N–H and O–H groups in total. The van der Waals surface area contributed by atoms with Gasteiger partial charge in [-0.2, -0.15) is 0 Å². The van der Waals surface area contributed by atoms with Crippen LogP contribution in [0.3, 0.4) is 0 Å². The highest BCUT2D eigenvalue weighted by Gasteiger charge is 2.27. The van der Waals surface area contributed by atoms with Gasteiger partial charge in [0.25, 0.3) is 0 Å². The predicted molar refractivity (Wildman–Crippen MR) is 99.2 cm³/mol. The Bertz CT molecular complexity index is 522. The standard InChI is InChI=1S/C21H32O4/c1-5-19(13-9-10-16-24-17(2)22)20(23)25-21(3,4)15-14-18-11-7-6-8-12-18/h6-8,11-12,19H,5,9-10,13-16H2,1-4H3. The van der Waals surface area contributed by atoms with Crippen molar-refractivity contribution in [3.8, 4) is 0 Å². The number of unbranched alkanes of at least 4 members (excludes halogenated alkanes) is 1. The van der Waals surface area contributed by atoms with Gasteiger partial charge >= 0.3 is 11.9 Å². The molecule has 0 bridgehead atoms. The quantitative estimate of drug-likeness (QED) is 0.430. The molecule has 0 aliphatic heterocycles. The maximum absolute atomic E-state index is 12.5. The predicted octanol–water partition coefficient (Wildman–Crippen LogP) is 4.70. The summed E-state index contributed by atoms with van der Waals surface area (Å²) in [5.41, 5.74) is 0.780. The van der Waals surface area contributed by atoms with Gasteiger partial charge in [-0.15, -0.1) is 0 Å². The summed E-state index contributed by atoms with van der Waals surface area (Å²) in [5, 5.41) is 0. The summed E-state index contributed by atoms with van der Waals surface area (Å²) in [6.45, 7) is 7.78. The topological polar surface area (TPSA) is 52.6 Å². The molecule has 140 valence electrons. The summed E-state index contributed by atoms with van der Waals surface area (Å²) in [7, 11) is 0. The number of esters is 2. The summed E-state index contributed by atoms with van der Waals surface area (Å²) in [5.74, 6) is -0.465. The van der Waals surface area contributed by atoms with E-state index in [4.69, 9.17) is 9.47 Å². The number of aryl methyl sites for hydroxylation is 1. The van der Waals surface area contributed by atoms with Crippen molar-refractivity contribution in [1.29, 1.82) is 0 Å². The molecule has 0 saturated carbocycles. The van der Waals surface area contributed by atoms with Crippen LogP contribution in [-0.2, 0) is 25.5 Å². The first kappa shape index (κ1) is 21.2. The zero-order valence-corrected chi connectivity index (χ0v) is 16.0. The van der Waals surface area contributed by atoms with Gasteiger partial charge in [0, 0.05) is 6.92 Å². The van der Waals surface area contributed by atoms with Crippen molar-refractivity contribution in [2.45, 2.75) is 71.8 Å². The lowest BCUT2D eigenvalue weighted by Gasteiger charge is -2.27. The second kappa shape index (κ2) is 10.9. The molecule has 0 amide bonds. The molecule has 1 rings (SSSR count). The molecule has 0 fully saturated rings. The summed E-state index contributed by atoms with van der Waals surface area (Å²) >= 11 is 0. The minimum Gasteiger partial charge on any atom is -0.466 e. The van der Waals surface area contributed by atoms with Crippen LogP contribution in [0.15, 0.2) is 30.3 Å². The molecule has 25 heavy (non-hydrogen) atoms. The van der Waals surface area contributed by atoms with Crippen LogP contribution in [0, 0.1) is 5.92 Å². The van der Waals surface area contributed by atoms with E-state index in [9.17, 15) is 9.59 Å². The fourth-order valence-corrected chi connectivity index (χ4v) is 2.69. The van der Waals surface area contributed by atoms with E-state index >= 15 is 0 Å². The van der Waals surface area contributed by atoms with Crippen molar-refractivity contribution in [3.05, 3.63) is 35.9 Å². The molecule has 1 aromatic rings. The molecule has 1 unspecified atom stereocenters. The third kappa shape index (κ3) is 9.28. The molecule has 0 spiro atoms. The third-order valence-electron chi connectivity index (χ3n) is 4.31. The van der Waals surface area contributed by atoms with E-state index in [-0.39, 0.29) is 17.9 Å². The first-order valence-corrected chi connectivity index (χ1v) is 9.24. The molecule has 0 saturated heterocycles. The van der Waals surface area contributed by atoms with Crippen LogP contribution in [0.1, 0.15) is 65.4 Å². The number of hydrogen-bond donors (Lipinski definition) is 0. The SMILES string of the molecule is CCC(CCCCOC(C)=O)C(=O)OC(C)(C)CCc1ccccc1. The Kier molecular flexibility index (Phi) is 9.25. The summed E-state index contributed by atoms with van der Waals surface area (Å²) in [6.07, 6.45) is 4.85. The Balaban J connectivity index is 2.37. The largest absolute Gasteiger partial charge is 0.466 e. The number of rotatable bonds is 11. The van der Waals surface area contributed by atoms with Gasteiger partial charge in [-0.3, -0.25) is 9.59 Å². The molecule has 0 aliphatic rings. The molecule has 0 aliphatic carbocycles. The van der Waals surface area contributed by atoms with Gasteiger partial charge in [0.05, 0.1) is 12.5 Å². The molecule has 0 aromatic heterocycles. The maximum Gasteiger partial charge on any atom is 0.309 e. The van der Waals surface area contributed by atoms with Gasteiger partial charge in [-0.1, -0.05) is 37.3 Å². The molecular formula is C21H32O4. The molecule has 4 nitrogen and oxygen atoms in total. The molecule has 4 heteroatoms. The van der Waals surface area contributed by atoms with E-state index in [1.54, 1.807) is 0 Å². The van der Waals surface area contributed by atoms with Crippen LogP contribution >= 0.6 is 0 Å². The Morgan fingerprint density at radius 2 is 1.80 bits per heavy atom. The monoisotopic (exact) mass is 348 g/mol. The third-order valence-corrected chi connectivity index (χ3v) is 4.31. The zero-order chi connectivity index (χ0) is 18.7. The second-order valence-electron chi connectivity index (χ2n) is 7.11. The van der Waals surface area contributed by atoms with Crippen molar-refractivity contribution in [2.75, 3.05) is 6.61 Å². The Morgan fingerprint density at radius 3 is 2.40 bits per heavy atom. The van der Waals surface area contributed by atoms with E-state index < -0.39 is 5.60 Å². The van der Waals surface area contributed by atoms with Crippen LogP contribution < -0.4 is 0 Å². The van der Waals surface area contributed by atoms with Gasteiger partial charge in [-0.05, 0) is 57.9 Å². The molecular weight excluding hydrogens is 316 g/mol. The van der Waals surface area contributed by atoms with Crippen LogP contribution in [0.25, 0.3) is 0 Å². The van der Waals surface area contributed by atoms with Gasteiger partial charge in [-0.25, -0.2) is 0 Å². The Labute approximate surface area is 151 Å². The zero-order valence-electron chi connectivity index (χ0n) is 16.0. The number of carbonyl (C=O) groups excluding carboxylic acids is 2. The number of carbonyl (C=O) groups is 2. The fraction of sp³-hybridized carbons (Fsp3) is 0.619. The summed E-state index contributed by atoms with van der Waals surface area (Å²) in [4.78, 5) is 23.2. The highest BCUT2D eigenvalue weighted by Crippen LogP contribution is 2.23. The minimum atomic E-state index is -0.474. The minimum absolute atomic E-state index is 0.0895. The normalized spacial score (nSPS) is 12.5. The average Bonchev–Trinajstić information content (AvgIpc) is 2.56. The van der Waals surface area contributed by atoms with Crippen LogP contribution in [0.5, 0.6) is 0 Å². The van der Waals surface area contributed by atoms with E-state index in [2.05, 4.69) is 12.1 Å². The molecule has 1 atom stereocenters. The summed E-state index contributed by atoms with van der Waals surface area (Å²) in [6, 6.07) is 10.2. The van der Waals surface area contributed by atoms with E-state index in [0.29, 0.717) is 6.61 Å². The lowest BCUT2D eigenvalue weighted by molar-refractivity contribution is -0.162. The Hall–Kier alpha value is -1.84. The van der Waals surface area contributed by atoms with Gasteiger partial charge in [0.2, 0.25) is 0 Å².